The van der Waals surface area contributed by atoms with E-state index in [0.29, 0.717) is 19.4 Å². The van der Waals surface area contributed by atoms with Gasteiger partial charge in [0.05, 0.1) is 6.54 Å². The molecule has 1 heterocycles. The van der Waals surface area contributed by atoms with Crippen LogP contribution in [0.4, 0.5) is 0 Å². The quantitative estimate of drug-likeness (QED) is 0.292. The summed E-state index contributed by atoms with van der Waals surface area (Å²) in [5.41, 5.74) is 0. The van der Waals surface area contributed by atoms with E-state index in [1.165, 1.54) is 5.06 Å². The molecule has 0 aromatic carbocycles. The van der Waals surface area contributed by atoms with Crippen LogP contribution in [0.25, 0.3) is 0 Å². The predicted octanol–water partition coefficient (Wildman–Crippen LogP) is -3.53. The first-order valence-corrected chi connectivity index (χ1v) is 2.70. The zero-order valence-corrected chi connectivity index (χ0v) is 5.87. The van der Waals surface area contributed by atoms with Gasteiger partial charge in [0.25, 0.3) is 0 Å². The summed E-state index contributed by atoms with van der Waals surface area (Å²) in [6.07, 6.45) is 0.494. The van der Waals surface area contributed by atoms with Crippen molar-refractivity contribution in [1.82, 2.24) is 5.06 Å². The minimum Gasteiger partial charge on any atom is -1.00 e. The molecule has 0 saturated carbocycles. The Labute approximate surface area is 72.1 Å². The monoisotopic (exact) mass is 137 g/mol. The van der Waals surface area contributed by atoms with Crippen LogP contribution in [0.5, 0.6) is 0 Å². The molecule has 0 atom stereocenters. The number of hydroxylamine groups is 2. The summed E-state index contributed by atoms with van der Waals surface area (Å²) in [7, 11) is 0. The maximum atomic E-state index is 10.5. The summed E-state index contributed by atoms with van der Waals surface area (Å²) in [4.78, 5) is 24.6. The van der Waals surface area contributed by atoms with E-state index in [4.69, 9.17) is 0 Å². The second kappa shape index (κ2) is 4.50. The van der Waals surface area contributed by atoms with Gasteiger partial charge in [-0.2, -0.15) is 0 Å². The van der Waals surface area contributed by atoms with Crippen molar-refractivity contribution in [3.8, 4) is 0 Å². The van der Waals surface area contributed by atoms with E-state index in [-0.39, 0.29) is 32.6 Å². The zero-order valence-electron chi connectivity index (χ0n) is 6.87. The first kappa shape index (κ1) is 9.70. The van der Waals surface area contributed by atoms with E-state index >= 15 is 0 Å². The van der Waals surface area contributed by atoms with E-state index < -0.39 is 0 Å². The van der Waals surface area contributed by atoms with Crippen molar-refractivity contribution in [1.29, 1.82) is 0 Å². The third-order valence-electron chi connectivity index (χ3n) is 1.18. The summed E-state index contributed by atoms with van der Waals surface area (Å²) in [6, 6.07) is 0. The molecule has 0 aromatic rings. The molecule has 0 bridgehead atoms. The number of Topliss-reactive ketones (excluding diaryl/α,β-unsaturated/α-hetero) is 1. The van der Waals surface area contributed by atoms with Crippen molar-refractivity contribution < 1.29 is 34.7 Å². The van der Waals surface area contributed by atoms with Crippen LogP contribution in [0, 0.1) is 0 Å². The summed E-state index contributed by atoms with van der Waals surface area (Å²) >= 11 is 0. The minimum absolute atomic E-state index is 0. The van der Waals surface area contributed by atoms with Crippen LogP contribution in [-0.4, -0.2) is 30.4 Å². The predicted molar refractivity (Wildman–Crippen MR) is 29.5 cm³/mol. The number of carbonyl (C=O) groups excluding carboxylic acids is 2. The molecule has 0 unspecified atom stereocenters. The molecule has 1 aliphatic heterocycles. The van der Waals surface area contributed by atoms with Crippen LogP contribution in [0.2, 0.25) is 0 Å². The summed E-state index contributed by atoms with van der Waals surface area (Å²) in [5.74, 6) is 0.122. The number of nitrogens with zero attached hydrogens (tertiary/aromatic N) is 1. The third kappa shape index (κ3) is 2.52. The van der Waals surface area contributed by atoms with Gasteiger partial charge in [0.2, 0.25) is 0 Å². The normalized spacial score (nSPS) is 18.2. The average Bonchev–Trinajstić information content (AvgIpc) is 2.17. The van der Waals surface area contributed by atoms with E-state index in [1.807, 2.05) is 0 Å². The van der Waals surface area contributed by atoms with Gasteiger partial charge in [-0.3, -0.25) is 9.59 Å². The number of ketones is 1. The summed E-state index contributed by atoms with van der Waals surface area (Å²) in [5, 5.41) is 1.34. The molecule has 10 heavy (non-hydrogen) atoms. The molecule has 1 saturated heterocycles. The molecule has 0 amide bonds. The molecule has 0 aliphatic carbocycles. The molecule has 0 N–H and O–H groups in total. The van der Waals surface area contributed by atoms with Crippen molar-refractivity contribution in [2.24, 2.45) is 0 Å². The molecule has 0 spiro atoms. The summed E-state index contributed by atoms with van der Waals surface area (Å²) in [6.45, 7) is 1.12. The first-order valence-electron chi connectivity index (χ1n) is 2.70. The van der Waals surface area contributed by atoms with Gasteiger partial charge in [-0.05, 0) is 0 Å². The Balaban J connectivity index is 0. The Hall–Kier alpha value is -0.303. The first-order chi connectivity index (χ1) is 4.33. The number of hydrogen-bond acceptors (Lipinski definition) is 4. The molecule has 1 aliphatic rings. The fourth-order valence-corrected chi connectivity index (χ4v) is 0.755. The maximum Gasteiger partial charge on any atom is 1.00 e. The molecule has 1 fully saturated rings. The van der Waals surface area contributed by atoms with E-state index in [2.05, 4.69) is 4.84 Å². The zero-order chi connectivity index (χ0) is 6.69. The molecule has 0 aromatic heterocycles. The van der Waals surface area contributed by atoms with Crippen molar-refractivity contribution in [3.05, 3.63) is 0 Å². The van der Waals surface area contributed by atoms with Gasteiger partial charge in [-0.1, -0.05) is 0 Å². The second-order valence-electron chi connectivity index (χ2n) is 1.85. The van der Waals surface area contributed by atoms with Crippen molar-refractivity contribution in [2.75, 3.05) is 13.1 Å². The van der Waals surface area contributed by atoms with Gasteiger partial charge in [0.1, 0.15) is 0 Å². The smallest absolute Gasteiger partial charge is 1.00 e. The van der Waals surface area contributed by atoms with Crippen molar-refractivity contribution >= 4 is 12.3 Å². The maximum absolute atomic E-state index is 10.5. The fraction of sp³-hybridized carbons (Fsp3) is 0.600. The Bertz CT molecular complexity index is 144. The number of rotatable bonds is 2. The molecule has 52 valence electrons. The molecular weight excluding hydrogens is 129 g/mol. The SMILES string of the molecule is O=CON1CCC(=O)C1.[H-].[Li+]. The second-order valence-corrected chi connectivity index (χ2v) is 1.85. The van der Waals surface area contributed by atoms with Crippen LogP contribution >= 0.6 is 0 Å². The van der Waals surface area contributed by atoms with Crippen LogP contribution in [0.15, 0.2) is 0 Å². The minimum atomic E-state index is 0. The van der Waals surface area contributed by atoms with Gasteiger partial charge in [0, 0.05) is 13.0 Å². The van der Waals surface area contributed by atoms with Crippen LogP contribution in [0.3, 0.4) is 0 Å². The molecule has 4 nitrogen and oxygen atoms in total. The number of hydrogen-bond donors (Lipinski definition) is 0. The largest absolute Gasteiger partial charge is 1.00 e. The molecule has 0 radical (unpaired) electrons. The van der Waals surface area contributed by atoms with Crippen LogP contribution in [0.1, 0.15) is 7.85 Å². The van der Waals surface area contributed by atoms with Crippen LogP contribution < -0.4 is 18.9 Å². The van der Waals surface area contributed by atoms with E-state index in [9.17, 15) is 9.59 Å². The summed E-state index contributed by atoms with van der Waals surface area (Å²) < 4.78 is 0. The van der Waals surface area contributed by atoms with Crippen molar-refractivity contribution in [3.63, 3.8) is 0 Å². The van der Waals surface area contributed by atoms with Gasteiger partial charge in [-0.15, -0.1) is 5.06 Å². The van der Waals surface area contributed by atoms with E-state index in [0.717, 1.165) is 0 Å². The molecule has 1 rings (SSSR count). The Morgan fingerprint density at radius 3 is 2.80 bits per heavy atom. The molecule has 5 heteroatoms. The third-order valence-corrected chi connectivity index (χ3v) is 1.18. The number of carbonyl (C=O) groups is 2. The van der Waals surface area contributed by atoms with Crippen LogP contribution in [-0.2, 0) is 14.4 Å². The molecular formula is C5H8LiNO3. The average molecular weight is 137 g/mol. The Kier molecular flexibility index (Phi) is 4.37. The van der Waals surface area contributed by atoms with Gasteiger partial charge < -0.3 is 6.26 Å². The van der Waals surface area contributed by atoms with E-state index in [1.54, 1.807) is 0 Å². The van der Waals surface area contributed by atoms with Gasteiger partial charge in [-0.25, -0.2) is 0 Å². The Morgan fingerprint density at radius 2 is 2.40 bits per heavy atom. The standard InChI is InChI=1S/C5H7NO3.Li.H/c7-4-9-6-2-1-5(8)3-6;;/h4H,1-3H2;;/q;+1;-1. The fourth-order valence-electron chi connectivity index (χ4n) is 0.755. The van der Waals surface area contributed by atoms with Gasteiger partial charge in [0.15, 0.2) is 5.78 Å². The van der Waals surface area contributed by atoms with Gasteiger partial charge >= 0.3 is 25.3 Å². The Morgan fingerprint density at radius 1 is 1.70 bits per heavy atom. The topological polar surface area (TPSA) is 46.6 Å². The van der Waals surface area contributed by atoms with Crippen molar-refractivity contribution in [2.45, 2.75) is 6.42 Å².